The molecule has 1 saturated heterocycles. The Hall–Kier alpha value is -1.75. The molecule has 5 nitrogen and oxygen atoms in total. The van der Waals surface area contributed by atoms with Crippen molar-refractivity contribution in [2.24, 2.45) is 0 Å². The van der Waals surface area contributed by atoms with E-state index in [1.165, 1.54) is 4.90 Å². The molecule has 1 aromatic carbocycles. The normalized spacial score (nSPS) is 22.1. The van der Waals surface area contributed by atoms with E-state index in [1.807, 2.05) is 0 Å². The van der Waals surface area contributed by atoms with Crippen LogP contribution in [0.25, 0.3) is 0 Å². The zero-order valence-electron chi connectivity index (χ0n) is 12.1. The number of methoxy groups -OCH3 is 1. The van der Waals surface area contributed by atoms with E-state index in [-0.39, 0.29) is 18.7 Å². The first kappa shape index (κ1) is 14.7. The quantitative estimate of drug-likeness (QED) is 0.788. The molecule has 0 spiro atoms. The monoisotopic (exact) mass is 280 g/mol. The molecule has 0 aromatic heterocycles. The first-order valence-corrected chi connectivity index (χ1v) is 6.95. The summed E-state index contributed by atoms with van der Waals surface area (Å²) in [6.07, 6.45) is 2.07. The van der Waals surface area contributed by atoms with Crippen LogP contribution in [-0.2, 0) is 9.53 Å². The summed E-state index contributed by atoms with van der Waals surface area (Å²) in [6, 6.07) is 7.12. The highest BCUT2D eigenvalue weighted by atomic mass is 16.6. The van der Waals surface area contributed by atoms with Gasteiger partial charge in [-0.3, -0.25) is 0 Å². The van der Waals surface area contributed by atoms with Crippen LogP contribution in [-0.4, -0.2) is 45.9 Å². The number of hydrogen-bond acceptors (Lipinski definition) is 4. The highest BCUT2D eigenvalue weighted by molar-refractivity contribution is 5.71. The first-order chi connectivity index (χ1) is 9.67. The predicted molar refractivity (Wildman–Crippen MR) is 74.2 cm³/mol. The molecule has 0 saturated carbocycles. The van der Waals surface area contributed by atoms with Gasteiger partial charge < -0.3 is 19.1 Å². The third-order valence-corrected chi connectivity index (χ3v) is 3.42. The Morgan fingerprint density at radius 2 is 2.00 bits per heavy atom. The van der Waals surface area contributed by atoms with E-state index in [9.17, 15) is 4.79 Å². The lowest BCUT2D eigenvalue weighted by atomic mass is 10.1. The van der Waals surface area contributed by atoms with Gasteiger partial charge in [0.1, 0.15) is 18.0 Å². The number of hydrogen-bond donors (Lipinski definition) is 1. The Bertz CT molecular complexity index is 432. The number of nitrogens with one attached hydrogen (secondary N) is 1. The third-order valence-electron chi connectivity index (χ3n) is 3.42. The number of quaternary nitrogens is 1. The molecule has 0 amide bonds. The molecular weight excluding hydrogens is 258 g/mol. The van der Waals surface area contributed by atoms with E-state index in [0.29, 0.717) is 5.75 Å². The minimum absolute atomic E-state index is 0.0238. The molecule has 1 aliphatic rings. The van der Waals surface area contributed by atoms with Gasteiger partial charge in [0.15, 0.2) is 12.7 Å². The van der Waals surface area contributed by atoms with Crippen LogP contribution in [0.15, 0.2) is 24.3 Å². The van der Waals surface area contributed by atoms with Crippen LogP contribution in [0.3, 0.4) is 0 Å². The zero-order valence-corrected chi connectivity index (χ0v) is 12.1. The molecule has 1 aliphatic heterocycles. The van der Waals surface area contributed by atoms with E-state index in [2.05, 4.69) is 7.05 Å². The van der Waals surface area contributed by atoms with Crippen molar-refractivity contribution in [3.63, 3.8) is 0 Å². The number of likely N-dealkylation sites (tertiary alicyclic amines) is 1. The molecule has 0 bridgehead atoms. The molecule has 2 unspecified atom stereocenters. The SMILES string of the molecule is COc1ccc(OCC(=O)OC2CCC[NH+](C)C2)cc1. The van der Waals surface area contributed by atoms with Crippen molar-refractivity contribution >= 4 is 5.97 Å². The Morgan fingerprint density at radius 1 is 1.30 bits per heavy atom. The summed E-state index contributed by atoms with van der Waals surface area (Å²) in [5, 5.41) is 0. The molecule has 2 atom stereocenters. The van der Waals surface area contributed by atoms with Gasteiger partial charge in [-0.1, -0.05) is 0 Å². The number of carbonyl (C=O) groups excluding carboxylic acids is 1. The molecule has 1 fully saturated rings. The Balaban J connectivity index is 1.73. The number of rotatable bonds is 5. The lowest BCUT2D eigenvalue weighted by Crippen LogP contribution is -3.11. The predicted octanol–water partition coefficient (Wildman–Crippen LogP) is 0.294. The van der Waals surface area contributed by atoms with Crippen molar-refractivity contribution in [1.82, 2.24) is 0 Å². The molecule has 110 valence electrons. The number of esters is 1. The minimum Gasteiger partial charge on any atom is -0.497 e. The van der Waals surface area contributed by atoms with Gasteiger partial charge in [0, 0.05) is 6.42 Å². The van der Waals surface area contributed by atoms with Crippen LogP contribution >= 0.6 is 0 Å². The average molecular weight is 280 g/mol. The fraction of sp³-hybridized carbons (Fsp3) is 0.533. The summed E-state index contributed by atoms with van der Waals surface area (Å²) >= 11 is 0. The average Bonchev–Trinajstić information content (AvgIpc) is 2.46. The molecule has 1 heterocycles. The topological polar surface area (TPSA) is 49.2 Å². The largest absolute Gasteiger partial charge is 0.497 e. The molecule has 20 heavy (non-hydrogen) atoms. The van der Waals surface area contributed by atoms with Crippen molar-refractivity contribution < 1.29 is 23.9 Å². The molecule has 0 aliphatic carbocycles. The van der Waals surface area contributed by atoms with E-state index in [0.717, 1.165) is 31.7 Å². The summed E-state index contributed by atoms with van der Waals surface area (Å²) in [7, 11) is 3.73. The maximum Gasteiger partial charge on any atom is 0.344 e. The molecule has 5 heteroatoms. The summed E-state index contributed by atoms with van der Waals surface area (Å²) in [5.74, 6) is 1.09. The number of ether oxygens (including phenoxy) is 3. The molecule has 2 rings (SSSR count). The van der Waals surface area contributed by atoms with Crippen LogP contribution in [0.4, 0.5) is 0 Å². The van der Waals surface area contributed by atoms with Gasteiger partial charge in [0.25, 0.3) is 0 Å². The van der Waals surface area contributed by atoms with Gasteiger partial charge in [-0.15, -0.1) is 0 Å². The number of benzene rings is 1. The van der Waals surface area contributed by atoms with Gasteiger partial charge in [-0.05, 0) is 30.7 Å². The first-order valence-electron chi connectivity index (χ1n) is 6.95. The highest BCUT2D eigenvalue weighted by Gasteiger charge is 2.23. The van der Waals surface area contributed by atoms with Gasteiger partial charge in [-0.25, -0.2) is 4.79 Å². The summed E-state index contributed by atoms with van der Waals surface area (Å²) < 4.78 is 15.9. The van der Waals surface area contributed by atoms with Crippen LogP contribution < -0.4 is 14.4 Å². The van der Waals surface area contributed by atoms with Gasteiger partial charge >= 0.3 is 5.97 Å². The molecule has 1 N–H and O–H groups in total. The van der Waals surface area contributed by atoms with Crippen molar-refractivity contribution in [2.45, 2.75) is 18.9 Å². The second kappa shape index (κ2) is 7.14. The standard InChI is InChI=1S/C15H21NO4/c1-16-9-3-4-14(10-16)20-15(17)11-19-13-7-5-12(18-2)6-8-13/h5-8,14H,3-4,9-11H2,1-2H3/p+1. The zero-order chi connectivity index (χ0) is 14.4. The lowest BCUT2D eigenvalue weighted by Gasteiger charge is -2.26. The fourth-order valence-electron chi connectivity index (χ4n) is 2.36. The second-order valence-corrected chi connectivity index (χ2v) is 5.13. The van der Waals surface area contributed by atoms with Crippen LogP contribution in [0, 0.1) is 0 Å². The van der Waals surface area contributed by atoms with Crippen molar-refractivity contribution in [3.05, 3.63) is 24.3 Å². The third kappa shape index (κ3) is 4.42. The minimum atomic E-state index is -0.305. The molecule has 0 radical (unpaired) electrons. The molecular formula is C15H22NO4+. The summed E-state index contributed by atoms with van der Waals surface area (Å²) in [6.45, 7) is 1.98. The van der Waals surface area contributed by atoms with E-state index in [1.54, 1.807) is 31.4 Å². The Labute approximate surface area is 119 Å². The number of likely N-dealkylation sites (N-methyl/N-ethyl adjacent to an activating group) is 1. The summed E-state index contributed by atoms with van der Waals surface area (Å²) in [4.78, 5) is 13.1. The number of carbonyl (C=O) groups is 1. The van der Waals surface area contributed by atoms with Crippen LogP contribution in [0.5, 0.6) is 11.5 Å². The smallest absolute Gasteiger partial charge is 0.344 e. The fourth-order valence-corrected chi connectivity index (χ4v) is 2.36. The highest BCUT2D eigenvalue weighted by Crippen LogP contribution is 2.17. The van der Waals surface area contributed by atoms with Crippen LogP contribution in [0.2, 0.25) is 0 Å². The van der Waals surface area contributed by atoms with Crippen LogP contribution in [0.1, 0.15) is 12.8 Å². The van der Waals surface area contributed by atoms with Gasteiger partial charge in [0.2, 0.25) is 0 Å². The van der Waals surface area contributed by atoms with E-state index < -0.39 is 0 Å². The Kier molecular flexibility index (Phi) is 5.24. The van der Waals surface area contributed by atoms with Crippen molar-refractivity contribution in [3.8, 4) is 11.5 Å². The number of piperidine rings is 1. The lowest BCUT2D eigenvalue weighted by molar-refractivity contribution is -0.888. The summed E-state index contributed by atoms with van der Waals surface area (Å²) in [5.41, 5.74) is 0. The van der Waals surface area contributed by atoms with E-state index >= 15 is 0 Å². The maximum absolute atomic E-state index is 11.7. The van der Waals surface area contributed by atoms with Gasteiger partial charge in [0.05, 0.1) is 20.7 Å². The van der Waals surface area contributed by atoms with Crippen molar-refractivity contribution in [2.75, 3.05) is 33.9 Å². The van der Waals surface area contributed by atoms with E-state index in [4.69, 9.17) is 14.2 Å². The van der Waals surface area contributed by atoms with Crippen molar-refractivity contribution in [1.29, 1.82) is 0 Å². The molecule has 1 aromatic rings. The Morgan fingerprint density at radius 3 is 2.65 bits per heavy atom. The maximum atomic E-state index is 11.7. The van der Waals surface area contributed by atoms with Gasteiger partial charge in [-0.2, -0.15) is 0 Å². The second-order valence-electron chi connectivity index (χ2n) is 5.13.